The van der Waals surface area contributed by atoms with Crippen LogP contribution in [-0.2, 0) is 0 Å². The fourth-order valence-electron chi connectivity index (χ4n) is 9.20. The molecule has 0 bridgehead atoms. The van der Waals surface area contributed by atoms with E-state index < -0.39 is 0 Å². The lowest BCUT2D eigenvalue weighted by molar-refractivity contribution is 1.07. The van der Waals surface area contributed by atoms with Crippen LogP contribution in [0.1, 0.15) is 0 Å². The summed E-state index contributed by atoms with van der Waals surface area (Å²) in [7, 11) is 0. The van der Waals surface area contributed by atoms with Gasteiger partial charge in [0.1, 0.15) is 0 Å². The van der Waals surface area contributed by atoms with Crippen LogP contribution in [-0.4, -0.2) is 24.1 Å². The monoisotopic (exact) mass is 791 g/mol. The maximum atomic E-state index is 5.24. The molecule has 0 aliphatic rings. The van der Waals surface area contributed by atoms with E-state index in [0.29, 0.717) is 17.5 Å². The highest BCUT2D eigenvalue weighted by atomic mass is 15.1. The number of hydrogen-bond acceptors (Lipinski definition) is 3. The summed E-state index contributed by atoms with van der Waals surface area (Å²) in [5.41, 5.74) is 13.8. The van der Waals surface area contributed by atoms with Gasteiger partial charge in [-0.15, -0.1) is 0 Å². The van der Waals surface area contributed by atoms with Gasteiger partial charge in [0.15, 0.2) is 17.5 Å². The van der Waals surface area contributed by atoms with Crippen LogP contribution in [0.5, 0.6) is 0 Å². The summed E-state index contributed by atoms with van der Waals surface area (Å²) >= 11 is 0. The maximum Gasteiger partial charge on any atom is 0.164 e. The Morgan fingerprint density at radius 1 is 0.274 bits per heavy atom. The van der Waals surface area contributed by atoms with Crippen LogP contribution < -0.4 is 0 Å². The Morgan fingerprint density at radius 2 is 0.629 bits per heavy atom. The third-order valence-electron chi connectivity index (χ3n) is 11.9. The summed E-state index contributed by atoms with van der Waals surface area (Å²) in [6.45, 7) is 0. The van der Waals surface area contributed by atoms with Gasteiger partial charge < -0.3 is 9.13 Å². The van der Waals surface area contributed by atoms with Gasteiger partial charge in [0.25, 0.3) is 0 Å². The topological polar surface area (TPSA) is 48.5 Å². The Balaban J connectivity index is 1.25. The molecule has 5 nitrogen and oxygen atoms in total. The third-order valence-corrected chi connectivity index (χ3v) is 11.9. The Kier molecular flexibility index (Phi) is 8.42. The largest absolute Gasteiger partial charge is 0.307 e. The van der Waals surface area contributed by atoms with Gasteiger partial charge >= 0.3 is 0 Å². The molecule has 0 fully saturated rings. The second kappa shape index (κ2) is 14.7. The fraction of sp³-hybridized carbons (Fsp3) is 0. The van der Waals surface area contributed by atoms with Crippen molar-refractivity contribution in [3.05, 3.63) is 224 Å². The smallest absolute Gasteiger partial charge is 0.164 e. The van der Waals surface area contributed by atoms with Crippen molar-refractivity contribution in [1.29, 1.82) is 0 Å². The number of nitrogens with zero attached hydrogens (tertiary/aromatic N) is 5. The molecule has 5 heteroatoms. The molecule has 0 saturated heterocycles. The van der Waals surface area contributed by atoms with Crippen molar-refractivity contribution >= 4 is 43.6 Å². The molecule has 0 N–H and O–H groups in total. The molecule has 9 aromatic carbocycles. The van der Waals surface area contributed by atoms with Gasteiger partial charge in [-0.25, -0.2) is 15.0 Å². The number of hydrogen-bond donors (Lipinski definition) is 0. The molecule has 62 heavy (non-hydrogen) atoms. The average Bonchev–Trinajstić information content (AvgIpc) is 3.88. The van der Waals surface area contributed by atoms with Crippen LogP contribution in [0, 0.1) is 0 Å². The van der Waals surface area contributed by atoms with E-state index in [1.54, 1.807) is 0 Å². The first-order valence-corrected chi connectivity index (χ1v) is 21.0. The van der Waals surface area contributed by atoms with E-state index >= 15 is 0 Å². The second-order valence-electron chi connectivity index (χ2n) is 15.6. The minimum Gasteiger partial charge on any atom is -0.307 e. The van der Waals surface area contributed by atoms with E-state index in [9.17, 15) is 0 Å². The Labute approximate surface area is 358 Å². The minimum absolute atomic E-state index is 0.604. The van der Waals surface area contributed by atoms with Gasteiger partial charge in [0, 0.05) is 55.0 Å². The van der Waals surface area contributed by atoms with Crippen LogP contribution in [0.3, 0.4) is 0 Å². The predicted molar refractivity (Wildman–Crippen MR) is 256 cm³/mol. The van der Waals surface area contributed by atoms with Crippen molar-refractivity contribution in [2.24, 2.45) is 0 Å². The summed E-state index contributed by atoms with van der Waals surface area (Å²) < 4.78 is 4.97. The summed E-state index contributed by atoms with van der Waals surface area (Å²) in [5, 5.41) is 4.79. The average molecular weight is 792 g/mol. The number of aromatic nitrogens is 5. The van der Waals surface area contributed by atoms with Gasteiger partial charge in [-0.3, -0.25) is 0 Å². The highest BCUT2D eigenvalue weighted by Gasteiger charge is 2.26. The zero-order chi connectivity index (χ0) is 41.0. The van der Waals surface area contributed by atoms with Gasteiger partial charge in [-0.1, -0.05) is 188 Å². The zero-order valence-electron chi connectivity index (χ0n) is 33.6. The molecule has 3 aromatic heterocycles. The summed E-state index contributed by atoms with van der Waals surface area (Å²) in [6.07, 6.45) is 0. The van der Waals surface area contributed by atoms with Crippen LogP contribution in [0.15, 0.2) is 224 Å². The molecule has 0 saturated carbocycles. The van der Waals surface area contributed by atoms with Crippen molar-refractivity contribution in [2.45, 2.75) is 0 Å². The summed E-state index contributed by atoms with van der Waals surface area (Å²) in [5.74, 6) is 1.85. The number of rotatable bonds is 7. The molecule has 0 unspecified atom stereocenters. The molecule has 12 rings (SSSR count). The lowest BCUT2D eigenvalue weighted by Gasteiger charge is -2.21. The standard InChI is InChI=1S/C57H37N5/c1-6-20-38(21-7-1)48-36-42(57-59-55(40-24-10-3-11-25-40)58-56(60-57)41-26-12-4-13-27-41)37-49(39-22-8-2-9-23-39)52(48)62-51-33-19-17-31-45(51)47-35-34-46-44-30-16-18-32-50(44)61(53(46)54(47)62)43-28-14-5-15-29-43/h1-37H. The number of benzene rings is 9. The molecule has 3 heterocycles. The minimum atomic E-state index is 0.604. The quantitative estimate of drug-likeness (QED) is 0.162. The van der Waals surface area contributed by atoms with Crippen molar-refractivity contribution in [3.63, 3.8) is 0 Å². The Bertz CT molecular complexity index is 3480. The van der Waals surface area contributed by atoms with Crippen molar-refractivity contribution < 1.29 is 0 Å². The van der Waals surface area contributed by atoms with Crippen molar-refractivity contribution in [2.75, 3.05) is 0 Å². The second-order valence-corrected chi connectivity index (χ2v) is 15.6. The Hall–Kier alpha value is -8.41. The van der Waals surface area contributed by atoms with E-state index in [0.717, 1.165) is 72.4 Å². The van der Waals surface area contributed by atoms with Crippen molar-refractivity contribution in [1.82, 2.24) is 24.1 Å². The predicted octanol–water partition coefficient (Wildman–Crippen LogP) is 14.4. The van der Waals surface area contributed by atoms with E-state index in [-0.39, 0.29) is 0 Å². The van der Waals surface area contributed by atoms with Crippen molar-refractivity contribution in [3.8, 4) is 67.8 Å². The lowest BCUT2D eigenvalue weighted by atomic mass is 9.92. The van der Waals surface area contributed by atoms with Gasteiger partial charge in [0.2, 0.25) is 0 Å². The molecule has 0 aliphatic heterocycles. The molecule has 0 aliphatic carbocycles. The first-order chi connectivity index (χ1) is 30.8. The third kappa shape index (κ3) is 5.82. The SMILES string of the molecule is c1ccc(-c2nc(-c3ccccc3)nc(-c3cc(-c4ccccc4)c(-n4c5ccccc5c5ccc6c7ccccc7n(-c7ccccc7)c6c54)c(-c4ccccc4)c3)n2)cc1. The molecule has 0 radical (unpaired) electrons. The maximum absolute atomic E-state index is 5.24. The fourth-order valence-corrected chi connectivity index (χ4v) is 9.20. The lowest BCUT2D eigenvalue weighted by Crippen LogP contribution is -2.05. The highest BCUT2D eigenvalue weighted by molar-refractivity contribution is 6.24. The van der Waals surface area contributed by atoms with Gasteiger partial charge in [-0.2, -0.15) is 0 Å². The molecular formula is C57H37N5. The van der Waals surface area contributed by atoms with E-state index in [2.05, 4.69) is 197 Å². The molecule has 0 amide bonds. The first-order valence-electron chi connectivity index (χ1n) is 21.0. The molecule has 0 atom stereocenters. The summed E-state index contributed by atoms with van der Waals surface area (Å²) in [4.78, 5) is 15.5. The highest BCUT2D eigenvalue weighted by Crippen LogP contribution is 2.47. The summed E-state index contributed by atoms with van der Waals surface area (Å²) in [6, 6.07) is 79.4. The first kappa shape index (κ1) is 35.5. The van der Waals surface area contributed by atoms with Crippen LogP contribution in [0.2, 0.25) is 0 Å². The molecule has 12 aromatic rings. The normalized spacial score (nSPS) is 11.5. The van der Waals surface area contributed by atoms with E-state index in [1.165, 1.54) is 21.5 Å². The molecule has 290 valence electrons. The number of para-hydroxylation sites is 3. The van der Waals surface area contributed by atoms with Crippen LogP contribution in [0.4, 0.5) is 0 Å². The molecule has 0 spiro atoms. The van der Waals surface area contributed by atoms with E-state index in [1.807, 2.05) is 36.4 Å². The van der Waals surface area contributed by atoms with Gasteiger partial charge in [0.05, 0.1) is 27.8 Å². The zero-order valence-corrected chi connectivity index (χ0v) is 33.6. The van der Waals surface area contributed by atoms with E-state index in [4.69, 9.17) is 15.0 Å². The molecular weight excluding hydrogens is 755 g/mol. The van der Waals surface area contributed by atoms with Gasteiger partial charge in [-0.05, 0) is 47.5 Å². The number of fused-ring (bicyclic) bond motifs is 7. The Morgan fingerprint density at radius 3 is 1.10 bits per heavy atom. The van der Waals surface area contributed by atoms with Crippen LogP contribution in [0.25, 0.3) is 111 Å². The van der Waals surface area contributed by atoms with Crippen LogP contribution >= 0.6 is 0 Å².